The number of para-hydroxylation sites is 4. The minimum atomic E-state index is 1.16. The Morgan fingerprint density at radius 1 is 0.225 bits per heavy atom. The molecule has 13 aromatic carbocycles. The number of aromatic nitrogens is 2. The predicted octanol–water partition coefficient (Wildman–Crippen LogP) is 20.7. The highest BCUT2D eigenvalue weighted by Crippen LogP contribution is 2.45. The summed E-state index contributed by atoms with van der Waals surface area (Å²) in [5.41, 5.74) is 21.3. The summed E-state index contributed by atoms with van der Waals surface area (Å²) in [5, 5.41) is 9.89. The molecule has 2 nitrogen and oxygen atoms in total. The molecule has 15 aromatic rings. The molecule has 0 radical (unpaired) electrons. The maximum Gasteiger partial charge on any atom is 0.0541 e. The molecule has 0 unspecified atom stereocenters. The van der Waals surface area contributed by atoms with Gasteiger partial charge >= 0.3 is 0 Å². The molecule has 0 saturated carbocycles. The first-order chi connectivity index (χ1) is 39.7. The second-order valence-electron chi connectivity index (χ2n) is 20.8. The van der Waals surface area contributed by atoms with Gasteiger partial charge in [0.15, 0.2) is 0 Å². The van der Waals surface area contributed by atoms with Crippen LogP contribution < -0.4 is 0 Å². The van der Waals surface area contributed by atoms with E-state index in [4.69, 9.17) is 0 Å². The van der Waals surface area contributed by atoms with Crippen LogP contribution in [0.3, 0.4) is 0 Å². The topological polar surface area (TPSA) is 9.86 Å². The van der Waals surface area contributed by atoms with Crippen molar-refractivity contribution < 1.29 is 0 Å². The smallest absolute Gasteiger partial charge is 0.0541 e. The SMILES string of the molecule is C(=C(\c1ccccc1)c1ccc(-c2c3ccccc3c(-c3ccc(/C(=C/c4ccc5c(c4)c4ccccc4n5-c4ccccc4)c4ccccc4)cc3)c3ccccc23)cc1)/c1ccc2c(c1)c1ccccc1n2-c1ccccc1. The quantitative estimate of drug-likeness (QED) is 0.0954. The zero-order valence-corrected chi connectivity index (χ0v) is 43.9. The van der Waals surface area contributed by atoms with E-state index in [2.05, 4.69) is 325 Å². The number of hydrogen-bond donors (Lipinski definition) is 0. The maximum absolute atomic E-state index is 2.38. The van der Waals surface area contributed by atoms with Gasteiger partial charge in [-0.05, 0) is 161 Å². The second kappa shape index (κ2) is 19.8. The Balaban J connectivity index is 0.810. The Bertz CT molecular complexity index is 4500. The normalized spacial score (nSPS) is 12.2. The first-order valence-corrected chi connectivity index (χ1v) is 27.6. The molecule has 374 valence electrons. The van der Waals surface area contributed by atoms with Crippen LogP contribution in [0.5, 0.6) is 0 Å². The van der Waals surface area contributed by atoms with Gasteiger partial charge in [0, 0.05) is 32.9 Å². The lowest BCUT2D eigenvalue weighted by Crippen LogP contribution is -1.93. The molecule has 0 amide bonds. The zero-order chi connectivity index (χ0) is 52.9. The van der Waals surface area contributed by atoms with Crippen molar-refractivity contribution in [2.45, 2.75) is 0 Å². The van der Waals surface area contributed by atoms with Gasteiger partial charge < -0.3 is 9.13 Å². The third kappa shape index (κ3) is 8.13. The molecule has 0 aliphatic heterocycles. The number of fused-ring (bicyclic) bond motifs is 8. The van der Waals surface area contributed by atoms with E-state index in [1.54, 1.807) is 0 Å². The summed E-state index contributed by atoms with van der Waals surface area (Å²) >= 11 is 0. The third-order valence-corrected chi connectivity index (χ3v) is 16.1. The summed E-state index contributed by atoms with van der Waals surface area (Å²) in [7, 11) is 0. The third-order valence-electron chi connectivity index (χ3n) is 16.1. The Morgan fingerprint density at radius 2 is 0.512 bits per heavy atom. The van der Waals surface area contributed by atoms with Gasteiger partial charge in [0.25, 0.3) is 0 Å². The summed E-state index contributed by atoms with van der Waals surface area (Å²) in [6, 6.07) is 111. The van der Waals surface area contributed by atoms with Crippen LogP contribution in [-0.2, 0) is 0 Å². The van der Waals surface area contributed by atoms with Crippen LogP contribution in [-0.4, -0.2) is 9.13 Å². The Morgan fingerprint density at radius 3 is 0.875 bits per heavy atom. The predicted molar refractivity (Wildman–Crippen MR) is 341 cm³/mol. The highest BCUT2D eigenvalue weighted by molar-refractivity contribution is 6.21. The Labute approximate surface area is 465 Å². The van der Waals surface area contributed by atoms with Crippen LogP contribution in [0.1, 0.15) is 33.4 Å². The molecule has 2 heterocycles. The van der Waals surface area contributed by atoms with Gasteiger partial charge in [-0.2, -0.15) is 0 Å². The zero-order valence-electron chi connectivity index (χ0n) is 43.9. The van der Waals surface area contributed by atoms with Crippen LogP contribution in [0.4, 0.5) is 0 Å². The molecule has 15 rings (SSSR count). The molecule has 0 bridgehead atoms. The monoisotopic (exact) mass is 1020 g/mol. The van der Waals surface area contributed by atoms with Crippen molar-refractivity contribution in [2.75, 3.05) is 0 Å². The van der Waals surface area contributed by atoms with Crippen molar-refractivity contribution in [1.82, 2.24) is 9.13 Å². The van der Waals surface area contributed by atoms with E-state index in [9.17, 15) is 0 Å². The second-order valence-corrected chi connectivity index (χ2v) is 20.8. The maximum atomic E-state index is 2.38. The van der Waals surface area contributed by atoms with Gasteiger partial charge in [-0.1, -0.05) is 243 Å². The first-order valence-electron chi connectivity index (χ1n) is 27.6. The van der Waals surface area contributed by atoms with Gasteiger partial charge in [0.05, 0.1) is 22.1 Å². The average Bonchev–Trinajstić information content (AvgIpc) is 4.05. The minimum Gasteiger partial charge on any atom is -0.309 e. The van der Waals surface area contributed by atoms with E-state index >= 15 is 0 Å². The van der Waals surface area contributed by atoms with Crippen LogP contribution in [0, 0.1) is 0 Å². The van der Waals surface area contributed by atoms with Gasteiger partial charge in [0.1, 0.15) is 0 Å². The Kier molecular flexibility index (Phi) is 11.6. The molecule has 2 aromatic heterocycles. The number of rotatable bonds is 10. The van der Waals surface area contributed by atoms with Crippen molar-refractivity contribution in [3.63, 3.8) is 0 Å². The van der Waals surface area contributed by atoms with E-state index in [-0.39, 0.29) is 0 Å². The van der Waals surface area contributed by atoms with E-state index in [0.717, 1.165) is 33.6 Å². The number of benzene rings is 13. The number of hydrogen-bond acceptors (Lipinski definition) is 0. The summed E-state index contributed by atoms with van der Waals surface area (Å²) < 4.78 is 4.75. The van der Waals surface area contributed by atoms with E-state index in [1.807, 2.05) is 0 Å². The fourth-order valence-electron chi connectivity index (χ4n) is 12.5. The minimum absolute atomic E-state index is 1.16. The van der Waals surface area contributed by atoms with E-state index in [1.165, 1.54) is 110 Å². The van der Waals surface area contributed by atoms with E-state index in [0.29, 0.717) is 0 Å². The van der Waals surface area contributed by atoms with Crippen molar-refractivity contribution in [2.24, 2.45) is 0 Å². The molecule has 0 atom stereocenters. The van der Waals surface area contributed by atoms with Crippen LogP contribution in [0.25, 0.3) is 122 Å². The van der Waals surface area contributed by atoms with E-state index < -0.39 is 0 Å². The molecule has 2 heteroatoms. The molecule has 0 aliphatic rings. The molecule has 0 saturated heterocycles. The van der Waals surface area contributed by atoms with Crippen LogP contribution in [0.15, 0.2) is 303 Å². The van der Waals surface area contributed by atoms with Gasteiger partial charge in [-0.15, -0.1) is 0 Å². The average molecular weight is 1020 g/mol. The Hall–Kier alpha value is -10.5. The summed E-state index contributed by atoms with van der Waals surface area (Å²) in [5.74, 6) is 0. The van der Waals surface area contributed by atoms with Crippen molar-refractivity contribution in [3.8, 4) is 33.6 Å². The van der Waals surface area contributed by atoms with Gasteiger partial charge in [-0.25, -0.2) is 0 Å². The molecule has 0 fully saturated rings. The molecule has 0 N–H and O–H groups in total. The lowest BCUT2D eigenvalue weighted by molar-refractivity contribution is 1.18. The van der Waals surface area contributed by atoms with Gasteiger partial charge in [-0.3, -0.25) is 0 Å². The standard InChI is InChI=1S/C78H52N2/c1-5-21-55(22-6-1)69(49-53-37-47-75-71(51-53)63-29-17-19-35-73(63)79(75)61-25-9-3-10-26-61)57-39-43-59(44-40-57)77-65-31-13-15-33-67(65)78(68-34-16-14-32-66(68)77)60-45-41-58(42-46-60)70(56-23-7-2-8-24-56)50-54-38-48-76-72(52-54)64-30-18-20-36-74(64)80(76)62-27-11-4-12-28-62/h1-52H/b69-49-,70-50+. The highest BCUT2D eigenvalue weighted by Gasteiger charge is 2.19. The molecule has 0 aliphatic carbocycles. The summed E-state index contributed by atoms with van der Waals surface area (Å²) in [6.45, 7) is 0. The fraction of sp³-hybridized carbons (Fsp3) is 0. The lowest BCUT2D eigenvalue weighted by atomic mass is 9.85. The summed E-state index contributed by atoms with van der Waals surface area (Å²) in [4.78, 5) is 0. The molecule has 0 spiro atoms. The number of nitrogens with zero attached hydrogens (tertiary/aromatic N) is 2. The fourth-order valence-corrected chi connectivity index (χ4v) is 12.5. The lowest BCUT2D eigenvalue weighted by Gasteiger charge is -2.18. The van der Waals surface area contributed by atoms with Crippen molar-refractivity contribution in [1.29, 1.82) is 0 Å². The largest absolute Gasteiger partial charge is 0.309 e. The molecule has 80 heavy (non-hydrogen) atoms. The van der Waals surface area contributed by atoms with Gasteiger partial charge in [0.2, 0.25) is 0 Å². The molecular weight excluding hydrogens is 965 g/mol. The molecular formula is C78H52N2. The van der Waals surface area contributed by atoms with Crippen molar-refractivity contribution in [3.05, 3.63) is 337 Å². The summed E-state index contributed by atoms with van der Waals surface area (Å²) in [6.07, 6.45) is 4.71. The highest BCUT2D eigenvalue weighted by atomic mass is 15.0. The first kappa shape index (κ1) is 46.7. The van der Waals surface area contributed by atoms with Crippen LogP contribution in [0.2, 0.25) is 0 Å². The van der Waals surface area contributed by atoms with Crippen LogP contribution >= 0.6 is 0 Å². The van der Waals surface area contributed by atoms with Crippen molar-refractivity contribution >= 4 is 88.5 Å².